The quantitative estimate of drug-likeness (QED) is 0.686. The molecule has 0 amide bonds. The SMILES string of the molecule is Nc1ncc(F)c(Oc2c(Br)cccc2[N+](=O)[O-])n1. The van der Waals surface area contributed by atoms with Gasteiger partial charge in [-0.2, -0.15) is 9.37 Å². The van der Waals surface area contributed by atoms with Crippen LogP contribution in [0, 0.1) is 15.9 Å². The van der Waals surface area contributed by atoms with Gasteiger partial charge in [0.15, 0.2) is 0 Å². The van der Waals surface area contributed by atoms with Gasteiger partial charge < -0.3 is 10.5 Å². The first-order valence-electron chi connectivity index (χ1n) is 4.88. The van der Waals surface area contributed by atoms with Crippen molar-refractivity contribution in [3.05, 3.63) is 44.8 Å². The third-order valence-electron chi connectivity index (χ3n) is 2.07. The van der Waals surface area contributed by atoms with E-state index in [-0.39, 0.29) is 17.4 Å². The summed E-state index contributed by atoms with van der Waals surface area (Å²) in [5.41, 5.74) is 4.97. The molecule has 0 unspecified atom stereocenters. The van der Waals surface area contributed by atoms with Gasteiger partial charge in [0, 0.05) is 6.07 Å². The van der Waals surface area contributed by atoms with Gasteiger partial charge in [0.2, 0.25) is 17.5 Å². The Balaban J connectivity index is 2.49. The number of anilines is 1. The minimum atomic E-state index is -0.876. The highest BCUT2D eigenvalue weighted by atomic mass is 79.9. The van der Waals surface area contributed by atoms with Crippen molar-refractivity contribution in [2.75, 3.05) is 5.73 Å². The van der Waals surface area contributed by atoms with Crippen LogP contribution in [-0.2, 0) is 0 Å². The van der Waals surface area contributed by atoms with Gasteiger partial charge in [-0.1, -0.05) is 6.07 Å². The summed E-state index contributed by atoms with van der Waals surface area (Å²) in [4.78, 5) is 17.2. The standard InChI is InChI=1S/C10H6BrFN4O3/c11-5-2-1-3-7(16(17)18)8(5)19-9-6(12)4-14-10(13)15-9/h1-4H,(H2,13,14,15). The van der Waals surface area contributed by atoms with Crippen LogP contribution >= 0.6 is 15.9 Å². The van der Waals surface area contributed by atoms with E-state index in [9.17, 15) is 14.5 Å². The number of nitrogens with two attached hydrogens (primary N) is 1. The minimum absolute atomic E-state index is 0.162. The Bertz CT molecular complexity index is 653. The summed E-state index contributed by atoms with van der Waals surface area (Å²) in [5.74, 6) is -1.72. The largest absolute Gasteiger partial charge is 0.428 e. The predicted octanol–water partition coefficient (Wildman–Crippen LogP) is 2.66. The molecular weight excluding hydrogens is 323 g/mol. The van der Waals surface area contributed by atoms with Crippen molar-refractivity contribution >= 4 is 27.6 Å². The van der Waals surface area contributed by atoms with Crippen molar-refractivity contribution < 1.29 is 14.1 Å². The van der Waals surface area contributed by atoms with Crippen LogP contribution in [0.25, 0.3) is 0 Å². The molecule has 2 aromatic rings. The first-order valence-corrected chi connectivity index (χ1v) is 5.67. The lowest BCUT2D eigenvalue weighted by atomic mass is 10.3. The van der Waals surface area contributed by atoms with Gasteiger partial charge in [-0.25, -0.2) is 4.98 Å². The third kappa shape index (κ3) is 2.76. The molecular formula is C10H6BrFN4O3. The number of nitro benzene ring substituents is 1. The zero-order chi connectivity index (χ0) is 14.0. The molecule has 98 valence electrons. The van der Waals surface area contributed by atoms with Crippen LogP contribution in [0.15, 0.2) is 28.9 Å². The van der Waals surface area contributed by atoms with Crippen LogP contribution in [0.4, 0.5) is 16.0 Å². The fraction of sp³-hybridized carbons (Fsp3) is 0. The van der Waals surface area contributed by atoms with E-state index in [0.717, 1.165) is 6.20 Å². The van der Waals surface area contributed by atoms with Crippen molar-refractivity contribution in [1.82, 2.24) is 9.97 Å². The van der Waals surface area contributed by atoms with Gasteiger partial charge in [0.1, 0.15) is 0 Å². The number of nitrogens with zero attached hydrogens (tertiary/aromatic N) is 3. The summed E-state index contributed by atoms with van der Waals surface area (Å²) in [5, 5.41) is 10.9. The lowest BCUT2D eigenvalue weighted by Gasteiger charge is -2.07. The van der Waals surface area contributed by atoms with E-state index in [1.54, 1.807) is 0 Å². The maximum Gasteiger partial charge on any atom is 0.312 e. The Morgan fingerprint density at radius 1 is 1.47 bits per heavy atom. The molecule has 0 aliphatic rings. The van der Waals surface area contributed by atoms with Crippen LogP contribution in [0.3, 0.4) is 0 Å². The monoisotopic (exact) mass is 328 g/mol. The van der Waals surface area contributed by atoms with Crippen molar-refractivity contribution in [2.45, 2.75) is 0 Å². The maximum absolute atomic E-state index is 13.4. The maximum atomic E-state index is 13.4. The zero-order valence-electron chi connectivity index (χ0n) is 9.21. The molecule has 0 atom stereocenters. The number of nitrogen functional groups attached to an aromatic ring is 1. The highest BCUT2D eigenvalue weighted by molar-refractivity contribution is 9.10. The van der Waals surface area contributed by atoms with Gasteiger partial charge in [-0.3, -0.25) is 10.1 Å². The van der Waals surface area contributed by atoms with E-state index < -0.39 is 16.6 Å². The second-order valence-corrected chi connectivity index (χ2v) is 4.18. The summed E-state index contributed by atoms with van der Waals surface area (Å²) < 4.78 is 18.8. The molecule has 0 aliphatic heterocycles. The molecule has 2 N–H and O–H groups in total. The van der Waals surface area contributed by atoms with Crippen LogP contribution in [0.2, 0.25) is 0 Å². The zero-order valence-corrected chi connectivity index (χ0v) is 10.8. The van der Waals surface area contributed by atoms with Gasteiger partial charge in [-0.15, -0.1) is 0 Å². The third-order valence-corrected chi connectivity index (χ3v) is 2.70. The van der Waals surface area contributed by atoms with Gasteiger partial charge in [0.05, 0.1) is 15.6 Å². The number of halogens is 2. The van der Waals surface area contributed by atoms with Crippen LogP contribution in [0.5, 0.6) is 11.6 Å². The molecule has 0 aliphatic carbocycles. The van der Waals surface area contributed by atoms with Crippen LogP contribution in [0.1, 0.15) is 0 Å². The number of benzene rings is 1. The average Bonchev–Trinajstić information content (AvgIpc) is 2.35. The number of nitro groups is 1. The molecule has 1 aromatic carbocycles. The number of ether oxygens (including phenoxy) is 1. The van der Waals surface area contributed by atoms with Crippen molar-refractivity contribution in [2.24, 2.45) is 0 Å². The van der Waals surface area contributed by atoms with E-state index in [2.05, 4.69) is 25.9 Å². The van der Waals surface area contributed by atoms with Crippen LogP contribution in [-0.4, -0.2) is 14.9 Å². The fourth-order valence-electron chi connectivity index (χ4n) is 1.27. The van der Waals surface area contributed by atoms with Crippen LogP contribution < -0.4 is 10.5 Å². The average molecular weight is 329 g/mol. The molecule has 1 heterocycles. The number of hydrogen-bond acceptors (Lipinski definition) is 6. The van der Waals surface area contributed by atoms with Crippen molar-refractivity contribution in [3.8, 4) is 11.6 Å². The highest BCUT2D eigenvalue weighted by Crippen LogP contribution is 2.37. The molecule has 7 nitrogen and oxygen atoms in total. The Kier molecular flexibility index (Phi) is 3.56. The van der Waals surface area contributed by atoms with E-state index >= 15 is 0 Å². The van der Waals surface area contributed by atoms with E-state index in [4.69, 9.17) is 10.5 Å². The molecule has 0 fully saturated rings. The van der Waals surface area contributed by atoms with E-state index in [0.29, 0.717) is 4.47 Å². The molecule has 1 aromatic heterocycles. The summed E-state index contributed by atoms with van der Waals surface area (Å²) in [6, 6.07) is 4.20. The molecule has 19 heavy (non-hydrogen) atoms. The lowest BCUT2D eigenvalue weighted by molar-refractivity contribution is -0.385. The normalized spacial score (nSPS) is 10.2. The molecule has 2 rings (SSSR count). The van der Waals surface area contributed by atoms with E-state index in [1.165, 1.54) is 18.2 Å². The Morgan fingerprint density at radius 3 is 2.89 bits per heavy atom. The molecule has 0 bridgehead atoms. The first kappa shape index (κ1) is 13.1. The molecule has 9 heteroatoms. The van der Waals surface area contributed by atoms with Gasteiger partial charge >= 0.3 is 5.69 Å². The van der Waals surface area contributed by atoms with Gasteiger partial charge in [0.25, 0.3) is 5.88 Å². The Labute approximate surface area is 114 Å². The summed E-state index contributed by atoms with van der Waals surface area (Å²) in [6.07, 6.45) is 0.820. The van der Waals surface area contributed by atoms with Gasteiger partial charge in [-0.05, 0) is 22.0 Å². The van der Waals surface area contributed by atoms with Crippen molar-refractivity contribution in [3.63, 3.8) is 0 Å². The smallest absolute Gasteiger partial charge is 0.312 e. The predicted molar refractivity (Wildman–Crippen MR) is 67.3 cm³/mol. The molecule has 0 spiro atoms. The fourth-order valence-corrected chi connectivity index (χ4v) is 1.71. The minimum Gasteiger partial charge on any atom is -0.428 e. The highest BCUT2D eigenvalue weighted by Gasteiger charge is 2.21. The summed E-state index contributed by atoms with van der Waals surface area (Å²) >= 11 is 3.09. The topological polar surface area (TPSA) is 104 Å². The molecule has 0 saturated carbocycles. The Hall–Kier alpha value is -2.29. The molecule has 0 radical (unpaired) electrons. The number of rotatable bonds is 3. The Morgan fingerprint density at radius 2 is 2.21 bits per heavy atom. The second kappa shape index (κ2) is 5.14. The number of para-hydroxylation sites is 1. The summed E-state index contributed by atoms with van der Waals surface area (Å²) in [7, 11) is 0. The summed E-state index contributed by atoms with van der Waals surface area (Å²) in [6.45, 7) is 0. The molecule has 0 saturated heterocycles. The number of aromatic nitrogens is 2. The van der Waals surface area contributed by atoms with E-state index in [1.807, 2.05) is 0 Å². The lowest BCUT2D eigenvalue weighted by Crippen LogP contribution is -2.01. The van der Waals surface area contributed by atoms with Crippen molar-refractivity contribution in [1.29, 1.82) is 0 Å². The second-order valence-electron chi connectivity index (χ2n) is 3.33. The number of hydrogen-bond donors (Lipinski definition) is 1. The first-order chi connectivity index (χ1) is 8.99.